The molecular weight excluding hydrogens is 292 g/mol. The second-order valence-electron chi connectivity index (χ2n) is 5.54. The molecule has 2 aromatic rings. The molecule has 1 aliphatic heterocycles. The maximum Gasteiger partial charge on any atom is 0.231 e. The van der Waals surface area contributed by atoms with Crippen LogP contribution in [0.2, 0.25) is 0 Å². The first-order chi connectivity index (χ1) is 11.1. The highest BCUT2D eigenvalue weighted by atomic mass is 16.7. The fourth-order valence-electron chi connectivity index (χ4n) is 2.43. The molecule has 1 amide bonds. The molecule has 0 unspecified atom stereocenters. The lowest BCUT2D eigenvalue weighted by molar-refractivity contribution is -0.115. The predicted octanol–water partition coefficient (Wildman–Crippen LogP) is 3.47. The van der Waals surface area contributed by atoms with Gasteiger partial charge in [0.1, 0.15) is 0 Å². The standard InChI is InChI=1S/C18H20N2O3/c1-12-4-3-5-15(13(12)2)20-18(21)8-9-19-14-6-7-16-17(10-14)23-11-22-16/h3-7,10,19H,8-9,11H2,1-2H3,(H,20,21). The van der Waals surface area contributed by atoms with Crippen molar-refractivity contribution in [3.05, 3.63) is 47.5 Å². The molecule has 120 valence electrons. The Bertz CT molecular complexity index is 728. The first-order valence-electron chi connectivity index (χ1n) is 7.63. The number of ether oxygens (including phenoxy) is 2. The van der Waals surface area contributed by atoms with Crippen molar-refractivity contribution < 1.29 is 14.3 Å². The van der Waals surface area contributed by atoms with E-state index >= 15 is 0 Å². The van der Waals surface area contributed by atoms with E-state index in [4.69, 9.17) is 9.47 Å². The smallest absolute Gasteiger partial charge is 0.231 e. The lowest BCUT2D eigenvalue weighted by Crippen LogP contribution is -2.17. The summed E-state index contributed by atoms with van der Waals surface area (Å²) in [7, 11) is 0. The molecule has 3 rings (SSSR count). The van der Waals surface area contributed by atoms with E-state index in [1.807, 2.05) is 50.2 Å². The number of rotatable bonds is 5. The lowest BCUT2D eigenvalue weighted by Gasteiger charge is -2.11. The maximum atomic E-state index is 12.1. The van der Waals surface area contributed by atoms with Crippen LogP contribution < -0.4 is 20.1 Å². The molecule has 1 aliphatic rings. The van der Waals surface area contributed by atoms with E-state index in [2.05, 4.69) is 10.6 Å². The van der Waals surface area contributed by atoms with Gasteiger partial charge in [0.15, 0.2) is 11.5 Å². The van der Waals surface area contributed by atoms with Gasteiger partial charge in [-0.3, -0.25) is 4.79 Å². The summed E-state index contributed by atoms with van der Waals surface area (Å²) in [6.45, 7) is 4.86. The summed E-state index contributed by atoms with van der Waals surface area (Å²) in [6, 6.07) is 11.6. The van der Waals surface area contributed by atoms with Crippen molar-refractivity contribution in [2.75, 3.05) is 24.0 Å². The topological polar surface area (TPSA) is 59.6 Å². The zero-order chi connectivity index (χ0) is 16.2. The molecule has 0 bridgehead atoms. The SMILES string of the molecule is Cc1cccc(NC(=O)CCNc2ccc3c(c2)OCO3)c1C. The summed E-state index contributed by atoms with van der Waals surface area (Å²) in [6.07, 6.45) is 0.391. The Labute approximate surface area is 135 Å². The summed E-state index contributed by atoms with van der Waals surface area (Å²) in [5.74, 6) is 1.48. The molecule has 23 heavy (non-hydrogen) atoms. The number of carbonyl (C=O) groups excluding carboxylic acids is 1. The minimum absolute atomic E-state index is 0.00746. The van der Waals surface area contributed by atoms with Crippen molar-refractivity contribution in [3.8, 4) is 11.5 Å². The molecule has 0 aromatic heterocycles. The van der Waals surface area contributed by atoms with Crippen molar-refractivity contribution in [1.29, 1.82) is 0 Å². The van der Waals surface area contributed by atoms with E-state index in [0.29, 0.717) is 13.0 Å². The second kappa shape index (κ2) is 6.60. The number of hydrogen-bond donors (Lipinski definition) is 2. The quantitative estimate of drug-likeness (QED) is 0.887. The molecule has 0 fully saturated rings. The number of fused-ring (bicyclic) bond motifs is 1. The number of aryl methyl sites for hydroxylation is 1. The number of anilines is 2. The van der Waals surface area contributed by atoms with Crippen LogP contribution in [0.3, 0.4) is 0 Å². The van der Waals surface area contributed by atoms with Gasteiger partial charge in [-0.1, -0.05) is 12.1 Å². The van der Waals surface area contributed by atoms with Crippen LogP contribution in [-0.2, 0) is 4.79 Å². The Hall–Kier alpha value is -2.69. The third-order valence-corrected chi connectivity index (χ3v) is 3.93. The Balaban J connectivity index is 1.50. The molecule has 0 saturated heterocycles. The van der Waals surface area contributed by atoms with Crippen LogP contribution in [-0.4, -0.2) is 19.2 Å². The van der Waals surface area contributed by atoms with Crippen LogP contribution in [0.5, 0.6) is 11.5 Å². The molecule has 0 spiro atoms. The highest BCUT2D eigenvalue weighted by molar-refractivity contribution is 5.91. The van der Waals surface area contributed by atoms with Gasteiger partial charge in [-0.05, 0) is 43.2 Å². The molecular formula is C18H20N2O3. The van der Waals surface area contributed by atoms with Crippen molar-refractivity contribution in [3.63, 3.8) is 0 Å². The van der Waals surface area contributed by atoms with Crippen molar-refractivity contribution in [1.82, 2.24) is 0 Å². The Morgan fingerprint density at radius 1 is 1.13 bits per heavy atom. The minimum atomic E-state index is -0.00746. The average Bonchev–Trinajstić information content (AvgIpc) is 2.99. The van der Waals surface area contributed by atoms with E-state index in [9.17, 15) is 4.79 Å². The number of benzene rings is 2. The first-order valence-corrected chi connectivity index (χ1v) is 7.63. The van der Waals surface area contributed by atoms with Gasteiger partial charge in [0.25, 0.3) is 0 Å². The third kappa shape index (κ3) is 3.56. The number of amides is 1. The van der Waals surface area contributed by atoms with Gasteiger partial charge in [0, 0.05) is 30.4 Å². The normalized spacial score (nSPS) is 12.1. The molecule has 2 aromatic carbocycles. The van der Waals surface area contributed by atoms with Crippen LogP contribution in [0.25, 0.3) is 0 Å². The van der Waals surface area contributed by atoms with Gasteiger partial charge in [-0.15, -0.1) is 0 Å². The molecule has 0 saturated carbocycles. The second-order valence-corrected chi connectivity index (χ2v) is 5.54. The molecule has 0 radical (unpaired) electrons. The number of nitrogens with one attached hydrogen (secondary N) is 2. The monoisotopic (exact) mass is 312 g/mol. The summed E-state index contributed by atoms with van der Waals surface area (Å²) in [5.41, 5.74) is 4.05. The molecule has 1 heterocycles. The van der Waals surface area contributed by atoms with E-state index in [1.165, 1.54) is 5.56 Å². The van der Waals surface area contributed by atoms with E-state index in [1.54, 1.807) is 0 Å². The highest BCUT2D eigenvalue weighted by Crippen LogP contribution is 2.34. The van der Waals surface area contributed by atoms with Gasteiger partial charge in [-0.2, -0.15) is 0 Å². The zero-order valence-electron chi connectivity index (χ0n) is 13.3. The molecule has 0 atom stereocenters. The van der Waals surface area contributed by atoms with Crippen molar-refractivity contribution in [2.45, 2.75) is 20.3 Å². The van der Waals surface area contributed by atoms with E-state index in [-0.39, 0.29) is 12.7 Å². The predicted molar refractivity (Wildman–Crippen MR) is 90.2 cm³/mol. The number of carbonyl (C=O) groups is 1. The van der Waals surface area contributed by atoms with Crippen LogP contribution >= 0.6 is 0 Å². The van der Waals surface area contributed by atoms with Crippen molar-refractivity contribution in [2.24, 2.45) is 0 Å². The van der Waals surface area contributed by atoms with Gasteiger partial charge in [0.2, 0.25) is 12.7 Å². The minimum Gasteiger partial charge on any atom is -0.454 e. The van der Waals surface area contributed by atoms with Gasteiger partial charge in [0.05, 0.1) is 0 Å². The largest absolute Gasteiger partial charge is 0.454 e. The van der Waals surface area contributed by atoms with Gasteiger partial charge in [-0.25, -0.2) is 0 Å². The molecule has 2 N–H and O–H groups in total. The van der Waals surface area contributed by atoms with Crippen LogP contribution in [0, 0.1) is 13.8 Å². The summed E-state index contributed by atoms with van der Waals surface area (Å²) < 4.78 is 10.6. The maximum absolute atomic E-state index is 12.1. The summed E-state index contributed by atoms with van der Waals surface area (Å²) in [5, 5.41) is 6.18. The summed E-state index contributed by atoms with van der Waals surface area (Å²) >= 11 is 0. The third-order valence-electron chi connectivity index (χ3n) is 3.93. The fraction of sp³-hybridized carbons (Fsp3) is 0.278. The zero-order valence-corrected chi connectivity index (χ0v) is 13.3. The van der Waals surface area contributed by atoms with Crippen molar-refractivity contribution >= 4 is 17.3 Å². The molecule has 0 aliphatic carbocycles. The molecule has 5 nitrogen and oxygen atoms in total. The van der Waals surface area contributed by atoms with Crippen LogP contribution in [0.4, 0.5) is 11.4 Å². The van der Waals surface area contributed by atoms with Gasteiger partial charge < -0.3 is 20.1 Å². The average molecular weight is 312 g/mol. The Morgan fingerprint density at radius 3 is 2.83 bits per heavy atom. The highest BCUT2D eigenvalue weighted by Gasteiger charge is 2.13. The number of hydrogen-bond acceptors (Lipinski definition) is 4. The van der Waals surface area contributed by atoms with Crippen LogP contribution in [0.15, 0.2) is 36.4 Å². The Kier molecular flexibility index (Phi) is 4.37. The fourth-order valence-corrected chi connectivity index (χ4v) is 2.43. The van der Waals surface area contributed by atoms with E-state index in [0.717, 1.165) is 28.4 Å². The van der Waals surface area contributed by atoms with Crippen LogP contribution in [0.1, 0.15) is 17.5 Å². The Morgan fingerprint density at radius 2 is 1.96 bits per heavy atom. The first kappa shape index (κ1) is 15.2. The summed E-state index contributed by atoms with van der Waals surface area (Å²) in [4.78, 5) is 12.1. The van der Waals surface area contributed by atoms with Gasteiger partial charge >= 0.3 is 0 Å². The molecule has 5 heteroatoms. The van der Waals surface area contributed by atoms with E-state index < -0.39 is 0 Å². The lowest BCUT2D eigenvalue weighted by atomic mass is 10.1.